The molecule has 1 aliphatic rings. The van der Waals surface area contributed by atoms with Gasteiger partial charge in [-0.25, -0.2) is 18.7 Å². The van der Waals surface area contributed by atoms with Gasteiger partial charge >= 0.3 is 0 Å². The van der Waals surface area contributed by atoms with Crippen LogP contribution in [-0.2, 0) is 0 Å². The van der Waals surface area contributed by atoms with Crippen molar-refractivity contribution in [1.82, 2.24) is 15.3 Å². The normalized spacial score (nSPS) is 14.3. The maximum atomic E-state index is 14.2. The Bertz CT molecular complexity index is 998. The molecule has 1 saturated heterocycles. The molecule has 0 atom stereocenters. The summed E-state index contributed by atoms with van der Waals surface area (Å²) in [7, 11) is 0. The fraction of sp³-hybridized carbons (Fsp3) is 0.176. The third-order valence-electron chi connectivity index (χ3n) is 4.04. The van der Waals surface area contributed by atoms with Gasteiger partial charge in [0.1, 0.15) is 29.1 Å². The van der Waals surface area contributed by atoms with E-state index < -0.39 is 16.7 Å². The van der Waals surface area contributed by atoms with Crippen LogP contribution in [0.3, 0.4) is 0 Å². The Hall–Kier alpha value is -2.71. The zero-order chi connectivity index (χ0) is 18.3. The summed E-state index contributed by atoms with van der Waals surface area (Å²) < 4.78 is 33.2. The molecule has 3 aromatic rings. The van der Waals surface area contributed by atoms with E-state index in [4.69, 9.17) is 16.3 Å². The summed E-state index contributed by atoms with van der Waals surface area (Å²) in [6, 6.07) is 5.30. The number of hydrogen-bond acceptors (Lipinski definition) is 6. The summed E-state index contributed by atoms with van der Waals surface area (Å²) >= 11 is 5.61. The molecule has 134 valence electrons. The van der Waals surface area contributed by atoms with Gasteiger partial charge in [-0.05, 0) is 18.2 Å². The van der Waals surface area contributed by atoms with Crippen molar-refractivity contribution in [2.75, 3.05) is 18.4 Å². The molecule has 3 N–H and O–H groups in total. The lowest BCUT2D eigenvalue weighted by Crippen LogP contribution is -2.50. The average Bonchev–Trinajstić information content (AvgIpc) is 2.59. The average molecular weight is 379 g/mol. The summed E-state index contributed by atoms with van der Waals surface area (Å²) in [5, 5.41) is 15.9. The number of nitrogens with zero attached hydrogens (tertiary/aromatic N) is 2. The van der Waals surface area contributed by atoms with E-state index in [1.54, 1.807) is 6.07 Å². The zero-order valence-corrected chi connectivity index (χ0v) is 14.0. The van der Waals surface area contributed by atoms with E-state index in [2.05, 4.69) is 20.6 Å². The van der Waals surface area contributed by atoms with E-state index in [0.717, 1.165) is 6.07 Å². The second-order valence-electron chi connectivity index (χ2n) is 5.81. The molecule has 0 spiro atoms. The Morgan fingerprint density at radius 1 is 1.23 bits per heavy atom. The van der Waals surface area contributed by atoms with Crippen molar-refractivity contribution in [2.24, 2.45) is 0 Å². The lowest BCUT2D eigenvalue weighted by atomic mass is 10.2. The van der Waals surface area contributed by atoms with E-state index in [1.807, 2.05) is 0 Å². The van der Waals surface area contributed by atoms with E-state index in [1.165, 1.54) is 18.5 Å². The van der Waals surface area contributed by atoms with Gasteiger partial charge in [-0.2, -0.15) is 0 Å². The number of ether oxygens (including phenoxy) is 1. The van der Waals surface area contributed by atoms with Crippen LogP contribution >= 0.6 is 11.6 Å². The molecule has 1 aromatic heterocycles. The summed E-state index contributed by atoms with van der Waals surface area (Å²) in [5.74, 6) is -1.27. The van der Waals surface area contributed by atoms with Gasteiger partial charge in [-0.3, -0.25) is 0 Å². The maximum absolute atomic E-state index is 14.2. The molecule has 6 nitrogen and oxygen atoms in total. The smallest absolute Gasteiger partial charge is 0.168 e. The van der Waals surface area contributed by atoms with Crippen LogP contribution in [0.4, 0.5) is 20.3 Å². The van der Waals surface area contributed by atoms with Gasteiger partial charge in [0.25, 0.3) is 0 Å². The van der Waals surface area contributed by atoms with Crippen LogP contribution in [-0.4, -0.2) is 34.3 Å². The topological polar surface area (TPSA) is 79.3 Å². The number of nitrogens with one attached hydrogen (secondary N) is 2. The molecule has 2 aromatic carbocycles. The number of phenols is 1. The van der Waals surface area contributed by atoms with E-state index >= 15 is 0 Å². The molecule has 0 amide bonds. The molecule has 9 heteroatoms. The quantitative estimate of drug-likeness (QED) is 0.604. The van der Waals surface area contributed by atoms with Crippen molar-refractivity contribution in [1.29, 1.82) is 0 Å². The Morgan fingerprint density at radius 3 is 2.77 bits per heavy atom. The number of anilines is 2. The van der Waals surface area contributed by atoms with E-state index in [9.17, 15) is 13.9 Å². The first-order valence-electron chi connectivity index (χ1n) is 7.78. The molecule has 0 bridgehead atoms. The molecule has 1 aliphatic heterocycles. The van der Waals surface area contributed by atoms with Crippen molar-refractivity contribution >= 4 is 34.0 Å². The third kappa shape index (κ3) is 2.97. The van der Waals surface area contributed by atoms with Crippen molar-refractivity contribution in [2.45, 2.75) is 6.10 Å². The van der Waals surface area contributed by atoms with Crippen LogP contribution in [0.25, 0.3) is 10.9 Å². The Kier molecular flexibility index (Phi) is 4.21. The first-order chi connectivity index (χ1) is 12.5. The van der Waals surface area contributed by atoms with Crippen LogP contribution in [0.2, 0.25) is 5.02 Å². The maximum Gasteiger partial charge on any atom is 0.168 e. The molecule has 2 heterocycles. The number of benzene rings is 2. The number of aromatic nitrogens is 2. The van der Waals surface area contributed by atoms with Crippen LogP contribution in [0.1, 0.15) is 0 Å². The Labute approximate surface area is 151 Å². The van der Waals surface area contributed by atoms with Gasteiger partial charge in [0.2, 0.25) is 0 Å². The molecule has 0 radical (unpaired) electrons. The molecule has 1 fully saturated rings. The number of phenolic OH excluding ortho intramolecular Hbond substituents is 1. The highest BCUT2D eigenvalue weighted by molar-refractivity contribution is 6.31. The fourth-order valence-electron chi connectivity index (χ4n) is 2.54. The molecule has 26 heavy (non-hydrogen) atoms. The van der Waals surface area contributed by atoms with Gasteiger partial charge in [0.15, 0.2) is 17.3 Å². The van der Waals surface area contributed by atoms with Gasteiger partial charge in [-0.1, -0.05) is 11.6 Å². The SMILES string of the molecule is Oc1cc2ncnc(Nc3ccc(F)c(Cl)c3F)c2cc1OC1CNC1. The van der Waals surface area contributed by atoms with Crippen molar-refractivity contribution in [3.8, 4) is 11.5 Å². The predicted molar refractivity (Wildman–Crippen MR) is 93.1 cm³/mol. The second kappa shape index (κ2) is 6.54. The predicted octanol–water partition coefficient (Wildman–Crippen LogP) is 3.36. The minimum atomic E-state index is -0.922. The van der Waals surface area contributed by atoms with Crippen LogP contribution < -0.4 is 15.4 Å². The molecule has 4 rings (SSSR count). The van der Waals surface area contributed by atoms with Crippen molar-refractivity contribution < 1.29 is 18.6 Å². The number of rotatable bonds is 4. The number of halogens is 3. The van der Waals surface area contributed by atoms with Crippen molar-refractivity contribution in [3.63, 3.8) is 0 Å². The first kappa shape index (κ1) is 16.7. The van der Waals surface area contributed by atoms with Crippen LogP contribution in [0.15, 0.2) is 30.6 Å². The molecule has 0 unspecified atom stereocenters. The second-order valence-corrected chi connectivity index (χ2v) is 6.18. The summed E-state index contributed by atoms with van der Waals surface area (Å²) in [6.45, 7) is 1.38. The third-order valence-corrected chi connectivity index (χ3v) is 4.39. The minimum Gasteiger partial charge on any atom is -0.504 e. The molecular weight excluding hydrogens is 366 g/mol. The Morgan fingerprint density at radius 2 is 2.04 bits per heavy atom. The highest BCUT2D eigenvalue weighted by Gasteiger charge is 2.21. The van der Waals surface area contributed by atoms with Crippen LogP contribution in [0.5, 0.6) is 11.5 Å². The van der Waals surface area contributed by atoms with Gasteiger partial charge < -0.3 is 20.5 Å². The van der Waals surface area contributed by atoms with Gasteiger partial charge in [-0.15, -0.1) is 0 Å². The lowest BCUT2D eigenvalue weighted by molar-refractivity contribution is 0.138. The molecular formula is C17H13ClF2N4O2. The highest BCUT2D eigenvalue weighted by atomic mass is 35.5. The monoisotopic (exact) mass is 378 g/mol. The largest absolute Gasteiger partial charge is 0.504 e. The van der Waals surface area contributed by atoms with Crippen molar-refractivity contribution in [3.05, 3.63) is 47.2 Å². The first-order valence-corrected chi connectivity index (χ1v) is 8.16. The highest BCUT2D eigenvalue weighted by Crippen LogP contribution is 2.35. The van der Waals surface area contributed by atoms with Crippen LogP contribution in [0, 0.1) is 11.6 Å². The van der Waals surface area contributed by atoms with E-state index in [-0.39, 0.29) is 29.1 Å². The molecule has 0 aliphatic carbocycles. The summed E-state index contributed by atoms with van der Waals surface area (Å²) in [5.41, 5.74) is 0.405. The standard InChI is InChI=1S/C17H13ClF2N4O2/c18-15-10(19)1-2-11(16(15)20)24-17-9-3-14(26-8-5-21-6-8)13(25)4-12(9)22-7-23-17/h1-4,7-8,21,25H,5-6H2,(H,22,23,24). The zero-order valence-electron chi connectivity index (χ0n) is 13.3. The Balaban J connectivity index is 1.74. The summed E-state index contributed by atoms with van der Waals surface area (Å²) in [6.07, 6.45) is 1.23. The minimum absolute atomic E-state index is 0.0323. The van der Waals surface area contributed by atoms with Gasteiger partial charge in [0.05, 0.1) is 11.2 Å². The van der Waals surface area contributed by atoms with Gasteiger partial charge in [0, 0.05) is 24.5 Å². The number of aromatic hydroxyl groups is 1. The fourth-order valence-corrected chi connectivity index (χ4v) is 2.71. The van der Waals surface area contributed by atoms with E-state index in [0.29, 0.717) is 24.0 Å². The lowest BCUT2D eigenvalue weighted by Gasteiger charge is -2.28. The summed E-state index contributed by atoms with van der Waals surface area (Å²) in [4.78, 5) is 8.20. The number of fused-ring (bicyclic) bond motifs is 1. The number of hydrogen-bond donors (Lipinski definition) is 3. The molecule has 0 saturated carbocycles.